The van der Waals surface area contributed by atoms with Gasteiger partial charge in [-0.3, -0.25) is 14.5 Å². The summed E-state index contributed by atoms with van der Waals surface area (Å²) in [5.74, 6) is -1.62. The molecule has 1 heterocycles. The van der Waals surface area contributed by atoms with Crippen LogP contribution >= 0.6 is 23.2 Å². The van der Waals surface area contributed by atoms with Crippen LogP contribution < -0.4 is 4.90 Å². The van der Waals surface area contributed by atoms with E-state index in [0.29, 0.717) is 15.6 Å². The van der Waals surface area contributed by atoms with E-state index < -0.39 is 41.4 Å². The summed E-state index contributed by atoms with van der Waals surface area (Å²) in [6.07, 6.45) is -4.27. The predicted molar refractivity (Wildman–Crippen MR) is 137 cm³/mol. The van der Waals surface area contributed by atoms with Crippen LogP contribution in [0.3, 0.4) is 0 Å². The van der Waals surface area contributed by atoms with Gasteiger partial charge >= 0.3 is 12.2 Å². The number of anilines is 1. The van der Waals surface area contributed by atoms with Crippen LogP contribution in [0.15, 0.2) is 36.4 Å². The maximum atomic E-state index is 13.6. The standard InChI is InChI=1S/C26H28Cl2F3N3O3/c1-15(2)23(35)24(36)33-7-8-34(20(14-33)11-17-5-6-21(27)22(28)12-17)25(37)32(4)19-10-16(3)9-18(13-19)26(29,30)31/h5-6,9-10,12-13,15,20H,7-8,11,14H2,1-4H3/t20-/m1/s1. The maximum absolute atomic E-state index is 13.6. The molecular weight excluding hydrogens is 530 g/mol. The molecule has 6 nitrogen and oxygen atoms in total. The highest BCUT2D eigenvalue weighted by molar-refractivity contribution is 6.42. The number of carbonyl (C=O) groups excluding carboxylic acids is 3. The van der Waals surface area contributed by atoms with E-state index in [1.54, 1.807) is 32.0 Å². The Kier molecular flexibility index (Phi) is 8.80. The van der Waals surface area contributed by atoms with Crippen molar-refractivity contribution < 1.29 is 27.6 Å². The van der Waals surface area contributed by atoms with Gasteiger partial charge in [-0.15, -0.1) is 0 Å². The first kappa shape index (κ1) is 28.8. The zero-order valence-corrected chi connectivity index (χ0v) is 22.4. The molecule has 0 aromatic heterocycles. The summed E-state index contributed by atoms with van der Waals surface area (Å²) < 4.78 is 40.1. The van der Waals surface area contributed by atoms with Gasteiger partial charge in [0.15, 0.2) is 0 Å². The van der Waals surface area contributed by atoms with Crippen molar-refractivity contribution in [3.05, 3.63) is 63.1 Å². The fourth-order valence-corrected chi connectivity index (χ4v) is 4.55. The minimum atomic E-state index is -4.56. The smallest absolute Gasteiger partial charge is 0.332 e. The lowest BCUT2D eigenvalue weighted by Gasteiger charge is -2.43. The molecule has 1 aliphatic heterocycles. The molecule has 3 rings (SSSR count). The van der Waals surface area contributed by atoms with Gasteiger partial charge in [-0.05, 0) is 54.8 Å². The number of hydrogen-bond acceptors (Lipinski definition) is 3. The zero-order valence-electron chi connectivity index (χ0n) is 20.9. The van der Waals surface area contributed by atoms with E-state index in [-0.39, 0.29) is 31.7 Å². The number of halogens is 5. The Labute approximate surface area is 223 Å². The van der Waals surface area contributed by atoms with Gasteiger partial charge in [0.25, 0.3) is 5.91 Å². The number of Topliss-reactive ketones (excluding diaryl/α,β-unsaturated/α-hetero) is 1. The van der Waals surface area contributed by atoms with Crippen LogP contribution in [-0.4, -0.2) is 60.2 Å². The predicted octanol–water partition coefficient (Wildman–Crippen LogP) is 5.86. The summed E-state index contributed by atoms with van der Waals surface area (Å²) in [5.41, 5.74) is 0.356. The Morgan fingerprint density at radius 1 is 1.05 bits per heavy atom. The quantitative estimate of drug-likeness (QED) is 0.433. The maximum Gasteiger partial charge on any atom is 0.416 e. The average molecular weight is 558 g/mol. The summed E-state index contributed by atoms with van der Waals surface area (Å²) in [4.78, 5) is 42.8. The van der Waals surface area contributed by atoms with Crippen LogP contribution in [0.5, 0.6) is 0 Å². The Morgan fingerprint density at radius 3 is 2.32 bits per heavy atom. The van der Waals surface area contributed by atoms with E-state index in [1.807, 2.05) is 0 Å². The van der Waals surface area contributed by atoms with Gasteiger partial charge in [0.05, 0.1) is 21.7 Å². The van der Waals surface area contributed by atoms with E-state index >= 15 is 0 Å². The number of benzene rings is 2. The third-order valence-corrected chi connectivity index (χ3v) is 7.01. The fraction of sp³-hybridized carbons (Fsp3) is 0.423. The SMILES string of the molecule is Cc1cc(N(C)C(=O)N2CCN(C(=O)C(=O)C(C)C)C[C@H]2Cc2ccc(Cl)c(Cl)c2)cc(C(F)(F)F)c1. The van der Waals surface area contributed by atoms with Gasteiger partial charge in [-0.25, -0.2) is 4.79 Å². The second kappa shape index (κ2) is 11.3. The molecule has 200 valence electrons. The largest absolute Gasteiger partial charge is 0.416 e. The fourth-order valence-electron chi connectivity index (χ4n) is 4.23. The van der Waals surface area contributed by atoms with Gasteiger partial charge in [0, 0.05) is 38.3 Å². The van der Waals surface area contributed by atoms with Crippen molar-refractivity contribution in [1.82, 2.24) is 9.80 Å². The molecular formula is C26H28Cl2F3N3O3. The molecule has 2 aromatic rings. The molecule has 0 radical (unpaired) electrons. The summed E-state index contributed by atoms with van der Waals surface area (Å²) >= 11 is 12.2. The second-order valence-electron chi connectivity index (χ2n) is 9.47. The van der Waals surface area contributed by atoms with Gasteiger partial charge < -0.3 is 9.80 Å². The Bertz CT molecular complexity index is 1200. The molecule has 11 heteroatoms. The molecule has 1 fully saturated rings. The van der Waals surface area contributed by atoms with Gasteiger partial charge in [0.2, 0.25) is 5.78 Å². The molecule has 0 aliphatic carbocycles. The minimum Gasteiger partial charge on any atom is -0.332 e. The van der Waals surface area contributed by atoms with Crippen LogP contribution in [0.2, 0.25) is 10.0 Å². The van der Waals surface area contributed by atoms with Crippen LogP contribution in [0.1, 0.15) is 30.5 Å². The lowest BCUT2D eigenvalue weighted by molar-refractivity contribution is -0.147. The molecule has 0 saturated carbocycles. The lowest BCUT2D eigenvalue weighted by atomic mass is 10.0. The molecule has 0 bridgehead atoms. The topological polar surface area (TPSA) is 60.9 Å². The summed E-state index contributed by atoms with van der Waals surface area (Å²) in [6.45, 7) is 5.11. The van der Waals surface area contributed by atoms with Crippen molar-refractivity contribution in [2.75, 3.05) is 31.6 Å². The van der Waals surface area contributed by atoms with E-state index in [1.165, 1.54) is 34.7 Å². The molecule has 3 amide bonds. The Balaban J connectivity index is 1.92. The first-order valence-corrected chi connectivity index (χ1v) is 12.4. The van der Waals surface area contributed by atoms with E-state index in [0.717, 1.165) is 17.7 Å². The van der Waals surface area contributed by atoms with Crippen LogP contribution in [0, 0.1) is 12.8 Å². The van der Waals surface area contributed by atoms with E-state index in [9.17, 15) is 27.6 Å². The number of nitrogens with zero attached hydrogens (tertiary/aromatic N) is 3. The number of piperazine rings is 1. The Hall–Kier alpha value is -2.78. The first-order valence-electron chi connectivity index (χ1n) is 11.7. The minimum absolute atomic E-state index is 0.0821. The van der Waals surface area contributed by atoms with Crippen LogP contribution in [0.4, 0.5) is 23.7 Å². The number of ketones is 1. The van der Waals surface area contributed by atoms with Crippen molar-refractivity contribution >= 4 is 46.6 Å². The highest BCUT2D eigenvalue weighted by Crippen LogP contribution is 2.33. The van der Waals surface area contributed by atoms with Crippen molar-refractivity contribution in [2.24, 2.45) is 5.92 Å². The summed E-state index contributed by atoms with van der Waals surface area (Å²) in [5, 5.41) is 0.688. The van der Waals surface area contributed by atoms with Gasteiger partial charge in [-0.1, -0.05) is 43.1 Å². The van der Waals surface area contributed by atoms with Crippen LogP contribution in [-0.2, 0) is 22.2 Å². The molecule has 37 heavy (non-hydrogen) atoms. The number of urea groups is 1. The molecule has 0 spiro atoms. The highest BCUT2D eigenvalue weighted by atomic mass is 35.5. The monoisotopic (exact) mass is 557 g/mol. The number of alkyl halides is 3. The average Bonchev–Trinajstić information content (AvgIpc) is 2.83. The molecule has 1 aliphatic rings. The van der Waals surface area contributed by atoms with E-state index in [2.05, 4.69) is 0 Å². The summed E-state index contributed by atoms with van der Waals surface area (Å²) in [6, 6.07) is 7.40. The number of rotatable bonds is 5. The number of hydrogen-bond donors (Lipinski definition) is 0. The van der Waals surface area contributed by atoms with Crippen molar-refractivity contribution in [2.45, 2.75) is 39.4 Å². The van der Waals surface area contributed by atoms with Crippen LogP contribution in [0.25, 0.3) is 0 Å². The van der Waals surface area contributed by atoms with Crippen molar-refractivity contribution in [3.63, 3.8) is 0 Å². The van der Waals surface area contributed by atoms with Crippen molar-refractivity contribution in [3.8, 4) is 0 Å². The second-order valence-corrected chi connectivity index (χ2v) is 10.3. The molecule has 1 saturated heterocycles. The molecule has 1 atom stereocenters. The summed E-state index contributed by atoms with van der Waals surface area (Å²) in [7, 11) is 1.41. The molecule has 0 unspecified atom stereocenters. The molecule has 0 N–H and O–H groups in total. The normalized spacial score (nSPS) is 16.2. The molecule has 2 aromatic carbocycles. The number of aryl methyl sites for hydroxylation is 1. The third kappa shape index (κ3) is 6.76. The number of amides is 3. The van der Waals surface area contributed by atoms with Crippen molar-refractivity contribution in [1.29, 1.82) is 0 Å². The zero-order chi connectivity index (χ0) is 27.7. The number of carbonyl (C=O) groups is 3. The van der Waals surface area contributed by atoms with E-state index in [4.69, 9.17) is 23.2 Å². The highest BCUT2D eigenvalue weighted by Gasteiger charge is 2.37. The first-order chi connectivity index (χ1) is 17.2. The Morgan fingerprint density at radius 2 is 1.73 bits per heavy atom. The van der Waals surface area contributed by atoms with Gasteiger partial charge in [-0.2, -0.15) is 13.2 Å². The van der Waals surface area contributed by atoms with Gasteiger partial charge in [0.1, 0.15) is 0 Å². The lowest BCUT2D eigenvalue weighted by Crippen LogP contribution is -2.60. The third-order valence-electron chi connectivity index (χ3n) is 6.27.